The Balaban J connectivity index is 0.000000142. The fourth-order valence-electron chi connectivity index (χ4n) is 13.1. The van der Waals surface area contributed by atoms with Crippen molar-refractivity contribution >= 4 is 23.1 Å². The van der Waals surface area contributed by atoms with Crippen molar-refractivity contribution < 1.29 is 29.4 Å². The number of hydrogen-bond acceptors (Lipinski definition) is 6. The molecule has 6 heteroatoms. The largest absolute Gasteiger partial charge is 0.393 e. The number of allylic oxidation sites excluding steroid dienone is 4. The van der Waals surface area contributed by atoms with Gasteiger partial charge in [-0.25, -0.2) is 0 Å². The Labute approximate surface area is 262 Å². The first-order valence-electron chi connectivity index (χ1n) is 17.6. The molecule has 0 aliphatic heterocycles. The molecule has 2 N–H and O–H groups in total. The first-order chi connectivity index (χ1) is 20.7. The molecular weight excluding hydrogens is 552 g/mol. The molecule has 0 saturated heterocycles. The van der Waals surface area contributed by atoms with E-state index in [0.29, 0.717) is 85.6 Å². The van der Waals surface area contributed by atoms with E-state index in [4.69, 9.17) is 0 Å². The van der Waals surface area contributed by atoms with Crippen LogP contribution in [-0.4, -0.2) is 45.6 Å². The SMILES string of the molecule is C[C@]12C=CC(=O)CC1CC[C@@H]1[C@H]2C(O)C[C@]2(C)C(=O)CC[C@@H]12.C[C@]12C=CC(=O)CC1CC[C@@H]1[C@H]2C(O)C[C@]2(C)C(=O)CC[C@@H]12. The summed E-state index contributed by atoms with van der Waals surface area (Å²) in [6.07, 6.45) is 16.9. The lowest BCUT2D eigenvalue weighted by Crippen LogP contribution is -2.58. The minimum Gasteiger partial charge on any atom is -0.393 e. The number of carbonyl (C=O) groups excluding carboxylic acids is 4. The van der Waals surface area contributed by atoms with E-state index in [-0.39, 0.29) is 45.1 Å². The van der Waals surface area contributed by atoms with E-state index >= 15 is 0 Å². The summed E-state index contributed by atoms with van der Waals surface area (Å²) >= 11 is 0. The third kappa shape index (κ3) is 4.25. The molecule has 0 heterocycles. The van der Waals surface area contributed by atoms with Crippen molar-refractivity contribution in [3.05, 3.63) is 24.3 Å². The average molecular weight is 605 g/mol. The summed E-state index contributed by atoms with van der Waals surface area (Å²) in [5.74, 6) is 4.03. The number of carbonyl (C=O) groups is 4. The van der Waals surface area contributed by atoms with Crippen LogP contribution in [0.15, 0.2) is 24.3 Å². The molecule has 6 saturated carbocycles. The smallest absolute Gasteiger partial charge is 0.155 e. The molecule has 0 bridgehead atoms. The normalized spacial score (nSPS) is 53.9. The first kappa shape index (κ1) is 30.7. The molecule has 0 spiro atoms. The molecule has 0 radical (unpaired) electrons. The van der Waals surface area contributed by atoms with E-state index in [1.54, 1.807) is 12.2 Å². The molecule has 44 heavy (non-hydrogen) atoms. The van der Waals surface area contributed by atoms with Gasteiger partial charge in [0.25, 0.3) is 0 Å². The molecule has 240 valence electrons. The quantitative estimate of drug-likeness (QED) is 0.360. The highest BCUT2D eigenvalue weighted by atomic mass is 16.3. The van der Waals surface area contributed by atoms with Gasteiger partial charge in [-0.3, -0.25) is 19.2 Å². The number of fused-ring (bicyclic) bond motifs is 10. The number of Topliss-reactive ketones (excluding diaryl/α,β-unsaturated/α-hetero) is 2. The summed E-state index contributed by atoms with van der Waals surface area (Å²) in [6.45, 7) is 8.64. The average Bonchev–Trinajstić information content (AvgIpc) is 3.43. The van der Waals surface area contributed by atoms with Crippen LogP contribution < -0.4 is 0 Å². The van der Waals surface area contributed by atoms with Gasteiger partial charge < -0.3 is 10.2 Å². The second-order valence-electron chi connectivity index (χ2n) is 17.2. The molecule has 6 fully saturated rings. The third-order valence-corrected chi connectivity index (χ3v) is 15.4. The molecule has 0 aromatic heterocycles. The van der Waals surface area contributed by atoms with Crippen molar-refractivity contribution in [1.82, 2.24) is 0 Å². The molecule has 8 aliphatic carbocycles. The number of ketones is 4. The van der Waals surface area contributed by atoms with Crippen molar-refractivity contribution in [2.24, 2.45) is 69.0 Å². The summed E-state index contributed by atoms with van der Waals surface area (Å²) in [6, 6.07) is 0. The van der Waals surface area contributed by atoms with Crippen LogP contribution >= 0.6 is 0 Å². The minimum absolute atomic E-state index is 0.0801. The van der Waals surface area contributed by atoms with Crippen molar-refractivity contribution in [2.45, 2.75) is 117 Å². The standard InChI is InChI=1S/2C19H26O3/c2*1-18-8-7-12(20)9-11(18)3-4-13-14-5-6-16(22)19(14,2)10-15(21)17(13)18/h2*7-8,11,13-15,17,21H,3-6,9-10H2,1-2H3/t2*11?,13-,14-,15?,17-,18-,19-/m00/s1. The van der Waals surface area contributed by atoms with Crippen LogP contribution in [0.5, 0.6) is 0 Å². The molecule has 0 aromatic carbocycles. The van der Waals surface area contributed by atoms with Crippen molar-refractivity contribution in [3.8, 4) is 0 Å². The first-order valence-corrected chi connectivity index (χ1v) is 17.6. The van der Waals surface area contributed by atoms with E-state index in [1.807, 2.05) is 0 Å². The van der Waals surface area contributed by atoms with Gasteiger partial charge in [0, 0.05) is 36.5 Å². The van der Waals surface area contributed by atoms with E-state index in [1.165, 1.54) is 0 Å². The maximum absolute atomic E-state index is 12.4. The summed E-state index contributed by atoms with van der Waals surface area (Å²) in [4.78, 5) is 48.3. The van der Waals surface area contributed by atoms with Crippen LogP contribution in [0.1, 0.15) is 105 Å². The van der Waals surface area contributed by atoms with Crippen LogP contribution in [-0.2, 0) is 19.2 Å². The van der Waals surface area contributed by atoms with Gasteiger partial charge in [-0.2, -0.15) is 0 Å². The Morgan fingerprint density at radius 1 is 0.591 bits per heavy atom. The number of rotatable bonds is 0. The summed E-state index contributed by atoms with van der Waals surface area (Å²) in [5.41, 5.74) is -0.775. The lowest BCUT2D eigenvalue weighted by molar-refractivity contribution is -0.155. The molecule has 0 aromatic rings. The molecule has 6 nitrogen and oxygen atoms in total. The predicted molar refractivity (Wildman–Crippen MR) is 166 cm³/mol. The maximum atomic E-state index is 12.4. The highest BCUT2D eigenvalue weighted by molar-refractivity contribution is 5.92. The second kappa shape index (κ2) is 10.3. The topological polar surface area (TPSA) is 109 Å². The van der Waals surface area contributed by atoms with Crippen LogP contribution in [0.2, 0.25) is 0 Å². The Morgan fingerprint density at radius 3 is 1.36 bits per heavy atom. The summed E-state index contributed by atoms with van der Waals surface area (Å²) in [5, 5.41) is 21.9. The van der Waals surface area contributed by atoms with Gasteiger partial charge in [0.1, 0.15) is 11.6 Å². The van der Waals surface area contributed by atoms with Gasteiger partial charge >= 0.3 is 0 Å². The maximum Gasteiger partial charge on any atom is 0.155 e. The predicted octanol–water partition coefficient (Wildman–Crippen LogP) is 5.83. The second-order valence-corrected chi connectivity index (χ2v) is 17.2. The van der Waals surface area contributed by atoms with Crippen molar-refractivity contribution in [3.63, 3.8) is 0 Å². The van der Waals surface area contributed by atoms with E-state index < -0.39 is 12.2 Å². The zero-order chi connectivity index (χ0) is 31.4. The van der Waals surface area contributed by atoms with E-state index in [9.17, 15) is 29.4 Å². The number of aliphatic hydroxyl groups excluding tert-OH is 2. The molecule has 8 aliphatic rings. The van der Waals surface area contributed by atoms with Gasteiger partial charge in [0.2, 0.25) is 0 Å². The fourth-order valence-corrected chi connectivity index (χ4v) is 13.1. The highest BCUT2D eigenvalue weighted by Crippen LogP contribution is 2.65. The Kier molecular flexibility index (Phi) is 7.18. The zero-order valence-electron chi connectivity index (χ0n) is 27.1. The molecule has 14 atom stereocenters. The Bertz CT molecular complexity index is 1230. The molecule has 4 unspecified atom stereocenters. The monoisotopic (exact) mass is 604 g/mol. The van der Waals surface area contributed by atoms with Gasteiger partial charge in [-0.15, -0.1) is 0 Å². The molecular formula is C38H52O6. The van der Waals surface area contributed by atoms with Crippen molar-refractivity contribution in [2.75, 3.05) is 0 Å². The molecule has 8 rings (SSSR count). The lowest BCUT2D eigenvalue weighted by Gasteiger charge is -2.59. The Hall–Kier alpha value is -1.92. The highest BCUT2D eigenvalue weighted by Gasteiger charge is 2.64. The van der Waals surface area contributed by atoms with Crippen molar-refractivity contribution in [1.29, 1.82) is 0 Å². The number of aliphatic hydroxyl groups is 2. The van der Waals surface area contributed by atoms with E-state index in [2.05, 4.69) is 39.8 Å². The summed E-state index contributed by atoms with van der Waals surface area (Å²) < 4.78 is 0. The molecule has 0 amide bonds. The fraction of sp³-hybridized carbons (Fsp3) is 0.789. The van der Waals surface area contributed by atoms with Gasteiger partial charge in [0.05, 0.1) is 12.2 Å². The third-order valence-electron chi connectivity index (χ3n) is 15.4. The number of hydrogen-bond donors (Lipinski definition) is 2. The minimum atomic E-state index is -0.418. The lowest BCUT2D eigenvalue weighted by atomic mass is 9.45. The van der Waals surface area contributed by atoms with Crippen LogP contribution in [0.3, 0.4) is 0 Å². The van der Waals surface area contributed by atoms with E-state index in [0.717, 1.165) is 38.5 Å². The van der Waals surface area contributed by atoms with Crippen LogP contribution in [0.25, 0.3) is 0 Å². The zero-order valence-corrected chi connectivity index (χ0v) is 27.1. The van der Waals surface area contributed by atoms with Gasteiger partial charge in [0.15, 0.2) is 11.6 Å². The summed E-state index contributed by atoms with van der Waals surface area (Å²) in [7, 11) is 0. The Morgan fingerprint density at radius 2 is 0.977 bits per heavy atom. The van der Waals surface area contributed by atoms with Gasteiger partial charge in [-0.05, 0) is 122 Å². The van der Waals surface area contributed by atoms with Crippen LogP contribution in [0.4, 0.5) is 0 Å². The van der Waals surface area contributed by atoms with Gasteiger partial charge in [-0.1, -0.05) is 39.8 Å². The van der Waals surface area contributed by atoms with Crippen LogP contribution in [0, 0.1) is 69.0 Å².